The summed E-state index contributed by atoms with van der Waals surface area (Å²) in [5.74, 6) is -0.709. The number of hydrogen-bond acceptors (Lipinski definition) is 4. The van der Waals surface area contributed by atoms with Crippen molar-refractivity contribution in [1.29, 1.82) is 5.26 Å². The highest BCUT2D eigenvalue weighted by Gasteiger charge is 2.25. The van der Waals surface area contributed by atoms with Crippen LogP contribution >= 0.6 is 11.6 Å². The molecule has 1 aromatic heterocycles. The van der Waals surface area contributed by atoms with E-state index in [4.69, 9.17) is 16.9 Å². The Kier molecular flexibility index (Phi) is 2.18. The molecule has 1 N–H and O–H groups in total. The molecule has 0 radical (unpaired) electrons. The number of nitrogens with zero attached hydrogens (tertiary/aromatic N) is 2. The van der Waals surface area contributed by atoms with Crippen LogP contribution in [0, 0.1) is 11.3 Å². The first-order valence-corrected chi connectivity index (χ1v) is 4.52. The monoisotopic (exact) mass is 220 g/mol. The fourth-order valence-corrected chi connectivity index (χ4v) is 1.62. The predicted molar refractivity (Wildman–Crippen MR) is 53.1 cm³/mol. The number of carbonyl (C=O) groups excluding carboxylic acids is 1. The Morgan fingerprint density at radius 2 is 2.33 bits per heavy atom. The van der Waals surface area contributed by atoms with Crippen molar-refractivity contribution in [1.82, 2.24) is 4.98 Å². The standard InChI is InChI=1S/C10H5ClN2O2/c11-9-2-6-5(4-13-9)1-8(14)7(3-12)10(6)15/h2,4,15H,1H2. The van der Waals surface area contributed by atoms with Crippen molar-refractivity contribution in [2.75, 3.05) is 0 Å². The minimum Gasteiger partial charge on any atom is -0.506 e. The van der Waals surface area contributed by atoms with Gasteiger partial charge in [0, 0.05) is 18.2 Å². The third-order valence-electron chi connectivity index (χ3n) is 2.19. The number of aliphatic hydroxyl groups is 1. The second kappa shape index (κ2) is 3.37. The molecule has 4 nitrogen and oxygen atoms in total. The number of Topliss-reactive ketones (excluding diaryl/α,β-unsaturated/α-hetero) is 1. The van der Waals surface area contributed by atoms with Gasteiger partial charge >= 0.3 is 0 Å². The van der Waals surface area contributed by atoms with Gasteiger partial charge in [-0.1, -0.05) is 11.6 Å². The van der Waals surface area contributed by atoms with E-state index in [1.807, 2.05) is 0 Å². The van der Waals surface area contributed by atoms with E-state index < -0.39 is 5.78 Å². The molecule has 0 aliphatic heterocycles. The third kappa shape index (κ3) is 1.47. The summed E-state index contributed by atoms with van der Waals surface area (Å²) in [5, 5.41) is 18.6. The zero-order valence-corrected chi connectivity index (χ0v) is 8.25. The van der Waals surface area contributed by atoms with Gasteiger partial charge < -0.3 is 5.11 Å². The van der Waals surface area contributed by atoms with Gasteiger partial charge in [-0.15, -0.1) is 0 Å². The molecule has 0 atom stereocenters. The Labute approximate surface area is 90.4 Å². The topological polar surface area (TPSA) is 74.0 Å². The van der Waals surface area contributed by atoms with Gasteiger partial charge in [-0.25, -0.2) is 4.98 Å². The summed E-state index contributed by atoms with van der Waals surface area (Å²) in [6.45, 7) is 0. The van der Waals surface area contributed by atoms with Crippen LogP contribution in [0.4, 0.5) is 0 Å². The fourth-order valence-electron chi connectivity index (χ4n) is 1.46. The number of ketones is 1. The molecule has 15 heavy (non-hydrogen) atoms. The second-order valence-electron chi connectivity index (χ2n) is 3.10. The molecular formula is C10H5ClN2O2. The van der Waals surface area contributed by atoms with Gasteiger partial charge in [0.05, 0.1) is 0 Å². The number of pyridine rings is 1. The minimum absolute atomic E-state index is 0.0758. The Bertz CT molecular complexity index is 529. The van der Waals surface area contributed by atoms with E-state index in [2.05, 4.69) is 4.98 Å². The largest absolute Gasteiger partial charge is 0.506 e. The summed E-state index contributed by atoms with van der Waals surface area (Å²) in [6, 6.07) is 3.12. The van der Waals surface area contributed by atoms with Crippen molar-refractivity contribution < 1.29 is 9.90 Å². The van der Waals surface area contributed by atoms with Crippen LogP contribution in [0.3, 0.4) is 0 Å². The Hall–Kier alpha value is -1.86. The smallest absolute Gasteiger partial charge is 0.181 e. The van der Waals surface area contributed by atoms with Gasteiger partial charge in [-0.3, -0.25) is 4.79 Å². The van der Waals surface area contributed by atoms with Crippen LogP contribution in [0.5, 0.6) is 0 Å². The molecule has 74 valence electrons. The van der Waals surface area contributed by atoms with Crippen LogP contribution in [0.25, 0.3) is 5.76 Å². The zero-order chi connectivity index (χ0) is 11.0. The number of rotatable bonds is 0. The first-order valence-electron chi connectivity index (χ1n) is 4.15. The molecule has 0 amide bonds. The number of aliphatic hydroxyl groups excluding tert-OH is 1. The summed E-state index contributed by atoms with van der Waals surface area (Å²) in [4.78, 5) is 15.2. The van der Waals surface area contributed by atoms with E-state index in [1.165, 1.54) is 12.3 Å². The van der Waals surface area contributed by atoms with Crippen molar-refractivity contribution >= 4 is 23.1 Å². The Morgan fingerprint density at radius 1 is 1.60 bits per heavy atom. The number of hydrogen-bond donors (Lipinski definition) is 1. The lowest BCUT2D eigenvalue weighted by molar-refractivity contribution is -0.114. The Balaban J connectivity index is 2.70. The molecular weight excluding hydrogens is 216 g/mol. The van der Waals surface area contributed by atoms with Gasteiger partial charge in [0.15, 0.2) is 5.78 Å². The number of halogens is 1. The van der Waals surface area contributed by atoms with E-state index in [0.29, 0.717) is 11.1 Å². The van der Waals surface area contributed by atoms with Gasteiger partial charge in [0.1, 0.15) is 22.6 Å². The van der Waals surface area contributed by atoms with Gasteiger partial charge in [-0.2, -0.15) is 5.26 Å². The second-order valence-corrected chi connectivity index (χ2v) is 3.49. The number of aromatic nitrogens is 1. The minimum atomic E-state index is -0.397. The van der Waals surface area contributed by atoms with Gasteiger partial charge in [0.25, 0.3) is 0 Å². The van der Waals surface area contributed by atoms with E-state index in [1.54, 1.807) is 6.07 Å². The molecule has 0 bridgehead atoms. The summed E-state index contributed by atoms with van der Waals surface area (Å²) in [6.07, 6.45) is 1.51. The van der Waals surface area contributed by atoms with Gasteiger partial charge in [0.2, 0.25) is 0 Å². The quantitative estimate of drug-likeness (QED) is 0.675. The summed E-state index contributed by atoms with van der Waals surface area (Å²) < 4.78 is 0. The van der Waals surface area contributed by atoms with Gasteiger partial charge in [-0.05, 0) is 11.6 Å². The van der Waals surface area contributed by atoms with Crippen LogP contribution < -0.4 is 0 Å². The summed E-state index contributed by atoms with van der Waals surface area (Å²) >= 11 is 5.66. The number of nitriles is 1. The van der Waals surface area contributed by atoms with E-state index in [0.717, 1.165) is 0 Å². The SMILES string of the molecule is N#CC1=C(O)c2cc(Cl)ncc2CC1=O. The molecule has 0 spiro atoms. The summed E-state index contributed by atoms with van der Waals surface area (Å²) in [5.41, 5.74) is 0.775. The van der Waals surface area contributed by atoms with Crippen molar-refractivity contribution in [3.63, 3.8) is 0 Å². The first kappa shape index (κ1) is 9.69. The average molecular weight is 221 g/mol. The zero-order valence-electron chi connectivity index (χ0n) is 7.49. The maximum Gasteiger partial charge on any atom is 0.181 e. The molecule has 5 heteroatoms. The first-order chi connectivity index (χ1) is 7.13. The van der Waals surface area contributed by atoms with Crippen LogP contribution in [0.1, 0.15) is 11.1 Å². The Morgan fingerprint density at radius 3 is 3.00 bits per heavy atom. The maximum atomic E-state index is 11.4. The highest BCUT2D eigenvalue weighted by molar-refractivity contribution is 6.29. The molecule has 0 saturated carbocycles. The number of allylic oxidation sites excluding steroid dienone is 1. The predicted octanol–water partition coefficient (Wildman–Crippen LogP) is 1.65. The molecule has 1 aliphatic rings. The highest BCUT2D eigenvalue weighted by atomic mass is 35.5. The van der Waals surface area contributed by atoms with E-state index in [9.17, 15) is 9.90 Å². The van der Waals surface area contributed by atoms with Crippen molar-refractivity contribution in [3.05, 3.63) is 34.1 Å². The lowest BCUT2D eigenvalue weighted by atomic mass is 9.92. The molecule has 0 saturated heterocycles. The van der Waals surface area contributed by atoms with Crippen LogP contribution in [0.15, 0.2) is 17.8 Å². The lowest BCUT2D eigenvalue weighted by Crippen LogP contribution is -2.15. The molecule has 0 fully saturated rings. The molecule has 0 aromatic carbocycles. The van der Waals surface area contributed by atoms with Crippen molar-refractivity contribution in [2.45, 2.75) is 6.42 Å². The molecule has 1 heterocycles. The fraction of sp³-hybridized carbons (Fsp3) is 0.100. The van der Waals surface area contributed by atoms with Crippen LogP contribution in [-0.2, 0) is 11.2 Å². The number of carbonyl (C=O) groups is 1. The maximum absolute atomic E-state index is 11.4. The van der Waals surface area contributed by atoms with Crippen LogP contribution in [-0.4, -0.2) is 15.9 Å². The third-order valence-corrected chi connectivity index (χ3v) is 2.39. The summed E-state index contributed by atoms with van der Waals surface area (Å²) in [7, 11) is 0. The lowest BCUT2D eigenvalue weighted by Gasteiger charge is -2.14. The molecule has 1 aliphatic carbocycles. The van der Waals surface area contributed by atoms with Crippen LogP contribution in [0.2, 0.25) is 5.15 Å². The average Bonchev–Trinajstić information content (AvgIpc) is 2.20. The highest BCUT2D eigenvalue weighted by Crippen LogP contribution is 2.28. The number of fused-ring (bicyclic) bond motifs is 1. The van der Waals surface area contributed by atoms with E-state index in [-0.39, 0.29) is 22.9 Å². The van der Waals surface area contributed by atoms with Crippen molar-refractivity contribution in [3.8, 4) is 6.07 Å². The van der Waals surface area contributed by atoms with Crippen molar-refractivity contribution in [2.24, 2.45) is 0 Å². The molecule has 2 rings (SSSR count). The molecule has 1 aromatic rings. The van der Waals surface area contributed by atoms with E-state index >= 15 is 0 Å². The normalized spacial score (nSPS) is 14.8. The molecule has 0 unspecified atom stereocenters.